The number of carbonyl (C=O) groups excluding carboxylic acids is 3. The molecule has 2 heterocycles. The van der Waals surface area contributed by atoms with Gasteiger partial charge in [-0.05, 0) is 19.1 Å². The Morgan fingerprint density at radius 1 is 1.46 bits per heavy atom. The number of imide groups is 1. The van der Waals surface area contributed by atoms with Crippen LogP contribution >= 0.6 is 22.9 Å². The fourth-order valence-corrected chi connectivity index (χ4v) is 3.49. The van der Waals surface area contributed by atoms with E-state index in [0.29, 0.717) is 17.3 Å². The van der Waals surface area contributed by atoms with Gasteiger partial charge in [0.15, 0.2) is 6.10 Å². The van der Waals surface area contributed by atoms with Crippen molar-refractivity contribution in [3.8, 4) is 10.6 Å². The molecule has 0 spiro atoms. The summed E-state index contributed by atoms with van der Waals surface area (Å²) in [6.45, 7) is 2.12. The van der Waals surface area contributed by atoms with Crippen molar-refractivity contribution in [2.24, 2.45) is 0 Å². The smallest absolute Gasteiger partial charge is 0.324 e. The number of nitrogens with zero attached hydrogens (tertiary/aromatic N) is 2. The van der Waals surface area contributed by atoms with Crippen LogP contribution in [0, 0.1) is 0 Å². The molecular formula is C17H16ClN3O4S. The minimum absolute atomic E-state index is 0.0547. The molecule has 1 N–H and O–H groups in total. The van der Waals surface area contributed by atoms with Gasteiger partial charge in [-0.25, -0.2) is 9.78 Å². The van der Waals surface area contributed by atoms with Crippen LogP contribution in [0.3, 0.4) is 0 Å². The Bertz CT molecular complexity index is 854. The first-order valence-corrected chi connectivity index (χ1v) is 9.19. The second-order valence-corrected chi connectivity index (χ2v) is 6.98. The maximum absolute atomic E-state index is 12.1. The summed E-state index contributed by atoms with van der Waals surface area (Å²) in [7, 11) is 0. The SMILES string of the molecule is C[C@H](OC(=O)Cc1csc(-c2cccc(Cl)c2)n1)C(=O)N1CCNC1=O. The molecule has 1 saturated heterocycles. The molecule has 2 aromatic rings. The average Bonchev–Trinajstić information content (AvgIpc) is 3.23. The first-order chi connectivity index (χ1) is 12.4. The van der Waals surface area contributed by atoms with Gasteiger partial charge in [0.1, 0.15) is 5.01 Å². The number of aromatic nitrogens is 1. The molecule has 1 aliphatic rings. The van der Waals surface area contributed by atoms with Crippen LogP contribution in [0.25, 0.3) is 10.6 Å². The number of ether oxygens (including phenoxy) is 1. The van der Waals surface area contributed by atoms with Gasteiger partial charge in [0.25, 0.3) is 5.91 Å². The fourth-order valence-electron chi connectivity index (χ4n) is 2.48. The first-order valence-electron chi connectivity index (χ1n) is 7.93. The Labute approximate surface area is 158 Å². The number of esters is 1. The summed E-state index contributed by atoms with van der Waals surface area (Å²) in [4.78, 5) is 41.1. The minimum atomic E-state index is -1.03. The van der Waals surface area contributed by atoms with Gasteiger partial charge in [-0.2, -0.15) is 0 Å². The third-order valence-electron chi connectivity index (χ3n) is 3.73. The van der Waals surface area contributed by atoms with Crippen LogP contribution in [0.15, 0.2) is 29.6 Å². The van der Waals surface area contributed by atoms with Crippen molar-refractivity contribution in [3.05, 3.63) is 40.4 Å². The molecule has 9 heteroatoms. The number of amides is 3. The van der Waals surface area contributed by atoms with E-state index in [2.05, 4.69) is 10.3 Å². The third-order valence-corrected chi connectivity index (χ3v) is 4.90. The van der Waals surface area contributed by atoms with E-state index >= 15 is 0 Å². The maximum atomic E-state index is 12.1. The van der Waals surface area contributed by atoms with E-state index in [1.54, 1.807) is 17.5 Å². The van der Waals surface area contributed by atoms with Gasteiger partial charge in [-0.3, -0.25) is 14.5 Å². The van der Waals surface area contributed by atoms with Crippen molar-refractivity contribution in [2.75, 3.05) is 13.1 Å². The van der Waals surface area contributed by atoms with Gasteiger partial charge >= 0.3 is 12.0 Å². The van der Waals surface area contributed by atoms with E-state index in [9.17, 15) is 14.4 Å². The quantitative estimate of drug-likeness (QED) is 0.788. The number of hydrogen-bond donors (Lipinski definition) is 1. The second kappa shape index (κ2) is 7.84. The van der Waals surface area contributed by atoms with Crippen molar-refractivity contribution in [2.45, 2.75) is 19.4 Å². The van der Waals surface area contributed by atoms with Crippen LogP contribution in [0.1, 0.15) is 12.6 Å². The zero-order valence-corrected chi connectivity index (χ0v) is 15.5. The maximum Gasteiger partial charge on any atom is 0.324 e. The average molecular weight is 394 g/mol. The van der Waals surface area contributed by atoms with E-state index in [1.165, 1.54) is 18.3 Å². The second-order valence-electron chi connectivity index (χ2n) is 5.69. The van der Waals surface area contributed by atoms with Crippen LogP contribution in [0.5, 0.6) is 0 Å². The molecule has 1 atom stereocenters. The lowest BCUT2D eigenvalue weighted by atomic mass is 10.2. The van der Waals surface area contributed by atoms with E-state index in [4.69, 9.17) is 16.3 Å². The highest BCUT2D eigenvalue weighted by Gasteiger charge is 2.31. The van der Waals surface area contributed by atoms with E-state index in [0.717, 1.165) is 15.5 Å². The normalized spacial score (nSPS) is 14.8. The largest absolute Gasteiger partial charge is 0.452 e. The minimum Gasteiger partial charge on any atom is -0.452 e. The summed E-state index contributed by atoms with van der Waals surface area (Å²) in [5, 5.41) is 5.64. The topological polar surface area (TPSA) is 88.6 Å². The predicted octanol–water partition coefficient (Wildman–Crippen LogP) is 2.49. The molecule has 1 aromatic heterocycles. The Balaban J connectivity index is 1.58. The molecule has 0 radical (unpaired) electrons. The monoisotopic (exact) mass is 393 g/mol. The van der Waals surface area contributed by atoms with E-state index in [-0.39, 0.29) is 13.0 Å². The molecule has 136 valence electrons. The highest BCUT2D eigenvalue weighted by atomic mass is 35.5. The van der Waals surface area contributed by atoms with Crippen LogP contribution < -0.4 is 5.32 Å². The molecule has 0 aliphatic carbocycles. The molecule has 0 unspecified atom stereocenters. The van der Waals surface area contributed by atoms with Gasteiger partial charge in [0.2, 0.25) is 0 Å². The molecule has 1 aromatic carbocycles. The zero-order valence-electron chi connectivity index (χ0n) is 13.9. The zero-order chi connectivity index (χ0) is 18.7. The lowest BCUT2D eigenvalue weighted by molar-refractivity contribution is -0.156. The van der Waals surface area contributed by atoms with Crippen molar-refractivity contribution in [1.82, 2.24) is 15.2 Å². The number of thiazole rings is 1. The van der Waals surface area contributed by atoms with Crippen LogP contribution in [0.4, 0.5) is 4.79 Å². The summed E-state index contributed by atoms with van der Waals surface area (Å²) in [6.07, 6.45) is -1.08. The Kier molecular flexibility index (Phi) is 5.53. The first kappa shape index (κ1) is 18.3. The lowest BCUT2D eigenvalue weighted by Crippen LogP contribution is -2.42. The van der Waals surface area contributed by atoms with Crippen molar-refractivity contribution in [3.63, 3.8) is 0 Å². The highest BCUT2D eigenvalue weighted by molar-refractivity contribution is 7.13. The number of nitrogens with one attached hydrogen (secondary N) is 1. The third kappa shape index (κ3) is 4.20. The van der Waals surface area contributed by atoms with Gasteiger partial charge in [-0.15, -0.1) is 11.3 Å². The fraction of sp³-hybridized carbons (Fsp3) is 0.294. The predicted molar refractivity (Wildman–Crippen MR) is 96.9 cm³/mol. The van der Waals surface area contributed by atoms with Gasteiger partial charge < -0.3 is 10.1 Å². The number of benzene rings is 1. The summed E-state index contributed by atoms with van der Waals surface area (Å²) in [6, 6.07) is 6.81. The molecule has 1 fully saturated rings. The lowest BCUT2D eigenvalue weighted by Gasteiger charge is -2.17. The summed E-state index contributed by atoms with van der Waals surface area (Å²) >= 11 is 7.37. The Morgan fingerprint density at radius 2 is 2.27 bits per heavy atom. The Morgan fingerprint density at radius 3 is 2.96 bits per heavy atom. The van der Waals surface area contributed by atoms with Crippen molar-refractivity contribution < 1.29 is 19.1 Å². The summed E-state index contributed by atoms with van der Waals surface area (Å²) in [5.41, 5.74) is 1.42. The summed E-state index contributed by atoms with van der Waals surface area (Å²) in [5.74, 6) is -1.11. The van der Waals surface area contributed by atoms with E-state index < -0.39 is 24.0 Å². The van der Waals surface area contributed by atoms with Crippen LogP contribution in [0.2, 0.25) is 5.02 Å². The molecule has 0 bridgehead atoms. The molecule has 1 aliphatic heterocycles. The number of urea groups is 1. The van der Waals surface area contributed by atoms with Gasteiger partial charge in [0.05, 0.1) is 12.1 Å². The number of hydrogen-bond acceptors (Lipinski definition) is 6. The highest BCUT2D eigenvalue weighted by Crippen LogP contribution is 2.26. The molecular weight excluding hydrogens is 378 g/mol. The molecule has 26 heavy (non-hydrogen) atoms. The van der Waals surface area contributed by atoms with Crippen LogP contribution in [-0.2, 0) is 20.7 Å². The summed E-state index contributed by atoms with van der Waals surface area (Å²) < 4.78 is 5.14. The van der Waals surface area contributed by atoms with Crippen LogP contribution in [-0.4, -0.2) is 47.0 Å². The number of rotatable bonds is 5. The number of carbonyl (C=O) groups is 3. The Hall–Kier alpha value is -2.45. The van der Waals surface area contributed by atoms with Gasteiger partial charge in [-0.1, -0.05) is 23.7 Å². The van der Waals surface area contributed by atoms with Gasteiger partial charge in [0, 0.05) is 29.1 Å². The number of halogens is 1. The van der Waals surface area contributed by atoms with Crippen molar-refractivity contribution in [1.29, 1.82) is 0 Å². The molecule has 3 rings (SSSR count). The molecule has 7 nitrogen and oxygen atoms in total. The standard InChI is InChI=1S/C17H16ClN3O4S/c1-10(16(23)21-6-5-19-17(21)24)25-14(22)8-13-9-26-15(20-13)11-3-2-4-12(18)7-11/h2-4,7,9-10H,5-6,8H2,1H3,(H,19,24)/t10-/m0/s1. The van der Waals surface area contributed by atoms with E-state index in [1.807, 2.05) is 12.1 Å². The van der Waals surface area contributed by atoms with Crippen molar-refractivity contribution >= 4 is 40.8 Å². The molecule has 3 amide bonds. The molecule has 0 saturated carbocycles.